The minimum absolute atomic E-state index is 0.290. The number of carbonyl (C=O) groups excluding carboxylic acids is 3. The summed E-state index contributed by atoms with van der Waals surface area (Å²) in [5, 5.41) is 2.74. The molecule has 2 saturated heterocycles. The first-order chi connectivity index (χ1) is 13.1. The van der Waals surface area contributed by atoms with Crippen LogP contribution in [0.5, 0.6) is 11.5 Å². The highest BCUT2D eigenvalue weighted by Crippen LogP contribution is 2.30. The minimum atomic E-state index is -0.443. The van der Waals surface area contributed by atoms with Crippen molar-refractivity contribution in [1.29, 1.82) is 0 Å². The maximum atomic E-state index is 12.5. The molecule has 2 heterocycles. The van der Waals surface area contributed by atoms with Gasteiger partial charge in [-0.05, 0) is 37.1 Å². The molecule has 27 heavy (non-hydrogen) atoms. The predicted octanol–water partition coefficient (Wildman–Crippen LogP) is 2.84. The van der Waals surface area contributed by atoms with Gasteiger partial charge in [0.2, 0.25) is 5.91 Å². The van der Waals surface area contributed by atoms with E-state index in [4.69, 9.17) is 4.74 Å². The number of fused-ring (bicyclic) bond motifs is 1. The molecule has 0 spiro atoms. The van der Waals surface area contributed by atoms with E-state index in [1.165, 1.54) is 0 Å². The van der Waals surface area contributed by atoms with Crippen LogP contribution >= 0.6 is 0 Å². The number of carbonyl (C=O) groups is 3. The summed E-state index contributed by atoms with van der Waals surface area (Å²) in [6.07, 6.45) is 1.49. The molecule has 138 valence electrons. The van der Waals surface area contributed by atoms with Crippen molar-refractivity contribution in [2.24, 2.45) is 0 Å². The summed E-state index contributed by atoms with van der Waals surface area (Å²) in [6, 6.07) is 15.5. The lowest BCUT2D eigenvalue weighted by molar-refractivity contribution is -0.131. The maximum absolute atomic E-state index is 12.5. The zero-order valence-electron chi connectivity index (χ0n) is 14.6. The first kappa shape index (κ1) is 17.1. The van der Waals surface area contributed by atoms with Crippen molar-refractivity contribution < 1.29 is 19.1 Å². The molecule has 0 aliphatic carbocycles. The molecule has 7 heteroatoms. The molecular formula is C20H19N3O4. The van der Waals surface area contributed by atoms with Gasteiger partial charge in [0, 0.05) is 6.54 Å². The Labute approximate surface area is 156 Å². The number of hydrogen-bond donors (Lipinski definition) is 1. The number of amides is 4. The van der Waals surface area contributed by atoms with E-state index in [1.54, 1.807) is 29.2 Å². The van der Waals surface area contributed by atoms with Crippen molar-refractivity contribution in [1.82, 2.24) is 9.80 Å². The number of rotatable bonds is 5. The number of para-hydroxylation sites is 3. The van der Waals surface area contributed by atoms with Gasteiger partial charge in [-0.3, -0.25) is 14.5 Å². The van der Waals surface area contributed by atoms with Crippen molar-refractivity contribution in [3.05, 3.63) is 54.6 Å². The standard InChI is InChI=1S/C20H19N3O4/c24-18(13-23-19(25)16-10-6-12-22(16)20(23)26)21-15-9-4-5-11-17(15)27-14-7-2-1-3-8-14/h1-5,7-9,11,16H,6,10,12-13H2,(H,21,24)/t16-/m0/s1. The number of nitrogens with zero attached hydrogens (tertiary/aromatic N) is 2. The first-order valence-electron chi connectivity index (χ1n) is 8.87. The molecule has 2 aromatic carbocycles. The number of benzene rings is 2. The van der Waals surface area contributed by atoms with E-state index in [-0.39, 0.29) is 18.5 Å². The normalized spacial score (nSPS) is 18.6. The average molecular weight is 365 g/mol. The van der Waals surface area contributed by atoms with Gasteiger partial charge in [-0.15, -0.1) is 0 Å². The van der Waals surface area contributed by atoms with Crippen LogP contribution in [-0.4, -0.2) is 46.8 Å². The molecule has 2 fully saturated rings. The number of hydrogen-bond acceptors (Lipinski definition) is 4. The van der Waals surface area contributed by atoms with Gasteiger partial charge < -0.3 is 15.0 Å². The third-order valence-corrected chi connectivity index (χ3v) is 4.71. The van der Waals surface area contributed by atoms with Gasteiger partial charge in [0.1, 0.15) is 18.3 Å². The molecule has 0 radical (unpaired) electrons. The van der Waals surface area contributed by atoms with E-state index < -0.39 is 11.9 Å². The third kappa shape index (κ3) is 3.36. The summed E-state index contributed by atoms with van der Waals surface area (Å²) in [5.41, 5.74) is 0.478. The molecule has 4 rings (SSSR count). The van der Waals surface area contributed by atoms with Crippen molar-refractivity contribution in [3.8, 4) is 11.5 Å². The van der Waals surface area contributed by atoms with Crippen LogP contribution in [-0.2, 0) is 9.59 Å². The van der Waals surface area contributed by atoms with Crippen molar-refractivity contribution in [3.63, 3.8) is 0 Å². The highest BCUT2D eigenvalue weighted by atomic mass is 16.5. The van der Waals surface area contributed by atoms with E-state index >= 15 is 0 Å². The molecule has 1 N–H and O–H groups in total. The molecule has 1 atom stereocenters. The van der Waals surface area contributed by atoms with Crippen molar-refractivity contribution >= 4 is 23.5 Å². The lowest BCUT2D eigenvalue weighted by atomic mass is 10.2. The second kappa shape index (κ2) is 7.11. The zero-order chi connectivity index (χ0) is 18.8. The summed E-state index contributed by atoms with van der Waals surface area (Å²) in [7, 11) is 0. The van der Waals surface area contributed by atoms with Crippen LogP contribution in [0.4, 0.5) is 10.5 Å². The van der Waals surface area contributed by atoms with Gasteiger partial charge in [0.05, 0.1) is 5.69 Å². The Bertz CT molecular complexity index is 862. The van der Waals surface area contributed by atoms with Gasteiger partial charge in [-0.25, -0.2) is 4.79 Å². The zero-order valence-corrected chi connectivity index (χ0v) is 14.6. The molecule has 0 saturated carbocycles. The van der Waals surface area contributed by atoms with Gasteiger partial charge in [0.25, 0.3) is 5.91 Å². The van der Waals surface area contributed by atoms with Crippen LogP contribution in [0.1, 0.15) is 12.8 Å². The summed E-state index contributed by atoms with van der Waals surface area (Å²) < 4.78 is 5.81. The molecule has 2 aliphatic heterocycles. The lowest BCUT2D eigenvalue weighted by Gasteiger charge is -2.16. The first-order valence-corrected chi connectivity index (χ1v) is 8.87. The maximum Gasteiger partial charge on any atom is 0.327 e. The summed E-state index contributed by atoms with van der Waals surface area (Å²) in [4.78, 5) is 39.7. The summed E-state index contributed by atoms with van der Waals surface area (Å²) >= 11 is 0. The number of anilines is 1. The third-order valence-electron chi connectivity index (χ3n) is 4.71. The van der Waals surface area contributed by atoms with Gasteiger partial charge in [-0.1, -0.05) is 30.3 Å². The molecule has 2 aliphatic rings. The Morgan fingerprint density at radius 3 is 2.59 bits per heavy atom. The van der Waals surface area contributed by atoms with Crippen LogP contribution in [0.25, 0.3) is 0 Å². The molecular weight excluding hydrogens is 346 g/mol. The Kier molecular flexibility index (Phi) is 4.50. The number of imide groups is 1. The fourth-order valence-electron chi connectivity index (χ4n) is 3.43. The fraction of sp³-hybridized carbons (Fsp3) is 0.250. The van der Waals surface area contributed by atoms with E-state index in [1.807, 2.05) is 30.3 Å². The Morgan fingerprint density at radius 2 is 1.81 bits per heavy atom. The SMILES string of the molecule is O=C(CN1C(=O)[C@@H]2CCCN2C1=O)Nc1ccccc1Oc1ccccc1. The van der Waals surface area contributed by atoms with Crippen LogP contribution in [0, 0.1) is 0 Å². The van der Waals surface area contributed by atoms with Gasteiger partial charge in [-0.2, -0.15) is 0 Å². The van der Waals surface area contributed by atoms with Gasteiger partial charge in [0.15, 0.2) is 5.75 Å². The fourth-order valence-corrected chi connectivity index (χ4v) is 3.43. The van der Waals surface area contributed by atoms with Crippen molar-refractivity contribution in [2.45, 2.75) is 18.9 Å². The molecule has 7 nitrogen and oxygen atoms in total. The van der Waals surface area contributed by atoms with E-state index in [0.717, 1.165) is 11.3 Å². The topological polar surface area (TPSA) is 79.0 Å². The Morgan fingerprint density at radius 1 is 1.07 bits per heavy atom. The molecule has 0 unspecified atom stereocenters. The van der Waals surface area contributed by atoms with Crippen LogP contribution < -0.4 is 10.1 Å². The Balaban J connectivity index is 1.44. The quantitative estimate of drug-likeness (QED) is 0.827. The number of urea groups is 1. The Hall–Kier alpha value is -3.35. The van der Waals surface area contributed by atoms with Crippen molar-refractivity contribution in [2.75, 3.05) is 18.4 Å². The highest BCUT2D eigenvalue weighted by molar-refractivity contribution is 6.08. The van der Waals surface area contributed by atoms with E-state index in [9.17, 15) is 14.4 Å². The van der Waals surface area contributed by atoms with Crippen LogP contribution in [0.3, 0.4) is 0 Å². The largest absolute Gasteiger partial charge is 0.455 e. The minimum Gasteiger partial charge on any atom is -0.455 e. The van der Waals surface area contributed by atoms with E-state index in [2.05, 4.69) is 5.32 Å². The monoisotopic (exact) mass is 365 g/mol. The molecule has 2 aromatic rings. The van der Waals surface area contributed by atoms with Crippen LogP contribution in [0.2, 0.25) is 0 Å². The average Bonchev–Trinajstić information content (AvgIpc) is 3.24. The second-order valence-electron chi connectivity index (χ2n) is 6.52. The predicted molar refractivity (Wildman–Crippen MR) is 98.4 cm³/mol. The van der Waals surface area contributed by atoms with Crippen LogP contribution in [0.15, 0.2) is 54.6 Å². The number of ether oxygens (including phenoxy) is 1. The molecule has 4 amide bonds. The smallest absolute Gasteiger partial charge is 0.327 e. The number of nitrogens with one attached hydrogen (secondary N) is 1. The highest BCUT2D eigenvalue weighted by Gasteiger charge is 2.47. The molecule has 0 bridgehead atoms. The summed E-state index contributed by atoms with van der Waals surface area (Å²) in [6.45, 7) is 0.269. The summed E-state index contributed by atoms with van der Waals surface area (Å²) in [5.74, 6) is 0.393. The lowest BCUT2D eigenvalue weighted by Crippen LogP contribution is -2.39. The van der Waals surface area contributed by atoms with Gasteiger partial charge >= 0.3 is 6.03 Å². The molecule has 0 aromatic heterocycles. The second-order valence-corrected chi connectivity index (χ2v) is 6.52. The van der Waals surface area contributed by atoms with E-state index in [0.29, 0.717) is 30.2 Å².